The van der Waals surface area contributed by atoms with E-state index >= 15 is 0 Å². The van der Waals surface area contributed by atoms with Crippen LogP contribution < -0.4 is 0 Å². The minimum absolute atomic E-state index is 0.888. The van der Waals surface area contributed by atoms with Crippen LogP contribution in [0.1, 0.15) is 26.7 Å². The summed E-state index contributed by atoms with van der Waals surface area (Å²) in [6.45, 7) is 4.70. The van der Waals surface area contributed by atoms with Crippen molar-refractivity contribution in [3.63, 3.8) is 0 Å². The van der Waals surface area contributed by atoms with Gasteiger partial charge in [-0.1, -0.05) is 35.4 Å². The molecule has 0 N–H and O–H groups in total. The topological polar surface area (TPSA) is 0 Å². The van der Waals surface area contributed by atoms with Crippen molar-refractivity contribution in [1.82, 2.24) is 0 Å². The van der Waals surface area contributed by atoms with E-state index in [1.807, 2.05) is 0 Å². The lowest BCUT2D eigenvalue weighted by molar-refractivity contribution is 0.546. The van der Waals surface area contributed by atoms with E-state index < -0.39 is 0 Å². The van der Waals surface area contributed by atoms with E-state index in [1.54, 1.807) is 0 Å². The van der Waals surface area contributed by atoms with Gasteiger partial charge < -0.3 is 0 Å². The fraction of sp³-hybridized carbons (Fsp3) is 1.00. The quantitative estimate of drug-likeness (QED) is 0.560. The van der Waals surface area contributed by atoms with Crippen molar-refractivity contribution in [2.75, 3.05) is 0 Å². The zero-order valence-electron chi connectivity index (χ0n) is 6.54. The fourth-order valence-corrected chi connectivity index (χ4v) is 5.34. The average molecular weight is 174 g/mol. The number of hydrogen-bond donors (Lipinski definition) is 0. The molecule has 1 aliphatic heterocycles. The van der Waals surface area contributed by atoms with Gasteiger partial charge in [0.1, 0.15) is 0 Å². The van der Waals surface area contributed by atoms with Crippen LogP contribution in [-0.2, 0) is 0 Å². The van der Waals surface area contributed by atoms with E-state index in [0.717, 1.165) is 22.3 Å². The predicted octanol–water partition coefficient (Wildman–Crippen LogP) is 3.18. The predicted molar refractivity (Wildman–Crippen MR) is 50.3 cm³/mol. The summed E-state index contributed by atoms with van der Waals surface area (Å²) in [5.41, 5.74) is 0. The largest absolute Gasteiger partial charge is 0.0902 e. The molecule has 2 heteroatoms. The first kappa shape index (κ1) is 7.35. The first-order chi connectivity index (χ1) is 4.77. The number of rotatable bonds is 1. The Morgan fingerprint density at radius 2 is 2.00 bits per heavy atom. The van der Waals surface area contributed by atoms with Crippen molar-refractivity contribution in [3.05, 3.63) is 0 Å². The molecule has 1 heterocycles. The van der Waals surface area contributed by atoms with Gasteiger partial charge in [0.2, 0.25) is 0 Å². The molecular weight excluding hydrogens is 160 g/mol. The maximum Gasteiger partial charge on any atom is 0.0183 e. The second-order valence-corrected chi connectivity index (χ2v) is 6.50. The molecule has 0 aromatic carbocycles. The van der Waals surface area contributed by atoms with Gasteiger partial charge >= 0.3 is 0 Å². The molecule has 3 unspecified atom stereocenters. The third kappa shape index (κ3) is 1.33. The lowest BCUT2D eigenvalue weighted by atomic mass is 10.1. The summed E-state index contributed by atoms with van der Waals surface area (Å²) in [6, 6.07) is 0. The minimum Gasteiger partial charge on any atom is -0.0902 e. The van der Waals surface area contributed by atoms with Gasteiger partial charge in [-0.05, 0) is 24.7 Å². The third-order valence-corrected chi connectivity index (χ3v) is 6.18. The van der Waals surface area contributed by atoms with Crippen LogP contribution in [0.2, 0.25) is 0 Å². The number of fused-ring (bicyclic) bond motifs is 1. The van der Waals surface area contributed by atoms with Crippen molar-refractivity contribution >= 4 is 21.6 Å². The van der Waals surface area contributed by atoms with Crippen LogP contribution in [0.4, 0.5) is 0 Å². The van der Waals surface area contributed by atoms with Crippen LogP contribution in [0.15, 0.2) is 0 Å². The van der Waals surface area contributed by atoms with E-state index in [9.17, 15) is 0 Å². The Morgan fingerprint density at radius 1 is 1.20 bits per heavy atom. The highest BCUT2D eigenvalue weighted by molar-refractivity contribution is 8.77. The van der Waals surface area contributed by atoms with Gasteiger partial charge in [-0.25, -0.2) is 0 Å². The van der Waals surface area contributed by atoms with Gasteiger partial charge in [0, 0.05) is 10.5 Å². The molecule has 1 saturated carbocycles. The summed E-state index contributed by atoms with van der Waals surface area (Å²) >= 11 is 0. The monoisotopic (exact) mass is 174 g/mol. The van der Waals surface area contributed by atoms with Crippen molar-refractivity contribution < 1.29 is 0 Å². The van der Waals surface area contributed by atoms with Crippen LogP contribution >= 0.6 is 21.6 Å². The molecule has 10 heavy (non-hydrogen) atoms. The molecule has 3 atom stereocenters. The molecule has 0 aromatic rings. The maximum absolute atomic E-state index is 2.35. The molecule has 0 amide bonds. The van der Waals surface area contributed by atoms with E-state index in [-0.39, 0.29) is 0 Å². The molecule has 1 aliphatic carbocycles. The summed E-state index contributed by atoms with van der Waals surface area (Å²) in [4.78, 5) is 0. The highest BCUT2D eigenvalue weighted by Crippen LogP contribution is 2.58. The SMILES string of the molecule is CC(C)C1CC2CC2SS1. The van der Waals surface area contributed by atoms with Gasteiger partial charge in [-0.15, -0.1) is 0 Å². The summed E-state index contributed by atoms with van der Waals surface area (Å²) in [5, 5.41) is 2.01. The Bertz CT molecular complexity index is 133. The van der Waals surface area contributed by atoms with E-state index in [2.05, 4.69) is 35.4 Å². The lowest BCUT2D eigenvalue weighted by Gasteiger charge is -2.22. The fourth-order valence-electron chi connectivity index (χ4n) is 1.45. The first-order valence-corrected chi connectivity index (χ1v) is 6.37. The maximum atomic E-state index is 2.35. The zero-order valence-corrected chi connectivity index (χ0v) is 8.17. The summed E-state index contributed by atoms with van der Waals surface area (Å²) < 4.78 is 0. The Kier molecular flexibility index (Phi) is 1.94. The van der Waals surface area contributed by atoms with Crippen LogP contribution in [0.3, 0.4) is 0 Å². The Labute approximate surface area is 70.9 Å². The third-order valence-electron chi connectivity index (χ3n) is 2.44. The standard InChI is InChI=1S/C8H14S2/c1-5(2)7-3-6-4-8(6)10-9-7/h5-8H,3-4H2,1-2H3. The van der Waals surface area contributed by atoms with Crippen LogP contribution in [0, 0.1) is 11.8 Å². The first-order valence-electron chi connectivity index (χ1n) is 4.09. The normalized spacial score (nSPS) is 45.3. The van der Waals surface area contributed by atoms with Crippen molar-refractivity contribution in [2.24, 2.45) is 11.8 Å². The molecule has 58 valence electrons. The van der Waals surface area contributed by atoms with Gasteiger partial charge in [-0.2, -0.15) is 0 Å². The second kappa shape index (κ2) is 2.63. The van der Waals surface area contributed by atoms with Crippen LogP contribution in [0.25, 0.3) is 0 Å². The summed E-state index contributed by atoms with van der Waals surface area (Å²) in [6.07, 6.45) is 3.01. The average Bonchev–Trinajstić information content (AvgIpc) is 2.63. The van der Waals surface area contributed by atoms with E-state index in [0.29, 0.717) is 0 Å². The molecular formula is C8H14S2. The zero-order chi connectivity index (χ0) is 7.14. The molecule has 0 bridgehead atoms. The Hall–Kier alpha value is 0.700. The van der Waals surface area contributed by atoms with E-state index in [1.165, 1.54) is 12.8 Å². The molecule has 1 saturated heterocycles. The van der Waals surface area contributed by atoms with E-state index in [4.69, 9.17) is 0 Å². The van der Waals surface area contributed by atoms with Crippen molar-refractivity contribution in [2.45, 2.75) is 37.2 Å². The molecule has 0 radical (unpaired) electrons. The van der Waals surface area contributed by atoms with Gasteiger partial charge in [-0.3, -0.25) is 0 Å². The second-order valence-electron chi connectivity index (χ2n) is 3.74. The Balaban J connectivity index is 1.88. The highest BCUT2D eigenvalue weighted by atomic mass is 33.1. The van der Waals surface area contributed by atoms with Gasteiger partial charge in [0.15, 0.2) is 0 Å². The Morgan fingerprint density at radius 3 is 2.60 bits per heavy atom. The lowest BCUT2D eigenvalue weighted by Crippen LogP contribution is -2.14. The molecule has 2 aliphatic rings. The minimum atomic E-state index is 0.888. The molecule has 0 aromatic heterocycles. The smallest absolute Gasteiger partial charge is 0.0183 e. The molecule has 2 fully saturated rings. The number of hydrogen-bond acceptors (Lipinski definition) is 2. The van der Waals surface area contributed by atoms with Gasteiger partial charge in [0.25, 0.3) is 0 Å². The summed E-state index contributed by atoms with van der Waals surface area (Å²) in [7, 11) is 4.28. The molecule has 0 nitrogen and oxygen atoms in total. The van der Waals surface area contributed by atoms with Crippen molar-refractivity contribution in [3.8, 4) is 0 Å². The van der Waals surface area contributed by atoms with Crippen LogP contribution in [-0.4, -0.2) is 10.5 Å². The molecule has 0 spiro atoms. The van der Waals surface area contributed by atoms with Crippen LogP contribution in [0.5, 0.6) is 0 Å². The summed E-state index contributed by atoms with van der Waals surface area (Å²) in [5.74, 6) is 2.00. The highest BCUT2D eigenvalue weighted by Gasteiger charge is 2.44. The van der Waals surface area contributed by atoms with Crippen molar-refractivity contribution in [1.29, 1.82) is 0 Å². The van der Waals surface area contributed by atoms with Gasteiger partial charge in [0.05, 0.1) is 0 Å². The molecule has 2 rings (SSSR count).